The van der Waals surface area contributed by atoms with Crippen molar-refractivity contribution in [2.24, 2.45) is 5.73 Å². The highest BCUT2D eigenvalue weighted by molar-refractivity contribution is 5.43. The summed E-state index contributed by atoms with van der Waals surface area (Å²) in [5.41, 5.74) is 6.30. The topological polar surface area (TPSA) is 55.5 Å². The molecule has 0 saturated heterocycles. The summed E-state index contributed by atoms with van der Waals surface area (Å²) in [6, 6.07) is 7.92. The summed E-state index contributed by atoms with van der Waals surface area (Å²) in [7, 11) is 1.67. The number of aliphatic hydroxyl groups is 1. The fourth-order valence-electron chi connectivity index (χ4n) is 2.93. The first-order valence-electron chi connectivity index (χ1n) is 5.59. The standard InChI is InChI=1S/C13H19NO2/c1-12(15)7-13(8-12,9-14)10-5-3-4-6-11(10)16-2/h3-6,15H,7-9,14H2,1-2H3. The van der Waals surface area contributed by atoms with Crippen LogP contribution >= 0.6 is 0 Å². The maximum atomic E-state index is 9.91. The van der Waals surface area contributed by atoms with Crippen molar-refractivity contribution < 1.29 is 9.84 Å². The molecule has 0 heterocycles. The van der Waals surface area contributed by atoms with Gasteiger partial charge in [-0.1, -0.05) is 18.2 Å². The summed E-state index contributed by atoms with van der Waals surface area (Å²) in [6.45, 7) is 2.40. The highest BCUT2D eigenvalue weighted by atomic mass is 16.5. The number of para-hydroxylation sites is 1. The molecular formula is C13H19NO2. The van der Waals surface area contributed by atoms with E-state index in [0.717, 1.165) is 11.3 Å². The Morgan fingerprint density at radius 1 is 1.38 bits per heavy atom. The molecule has 3 nitrogen and oxygen atoms in total. The predicted molar refractivity (Wildman–Crippen MR) is 63.6 cm³/mol. The molecule has 0 unspecified atom stereocenters. The molecule has 3 N–H and O–H groups in total. The third-order valence-electron chi connectivity index (χ3n) is 3.51. The second-order valence-electron chi connectivity index (χ2n) is 5.04. The monoisotopic (exact) mass is 221 g/mol. The van der Waals surface area contributed by atoms with Gasteiger partial charge in [-0.3, -0.25) is 0 Å². The molecule has 0 spiro atoms. The first-order chi connectivity index (χ1) is 7.53. The van der Waals surface area contributed by atoms with Crippen LogP contribution in [0.25, 0.3) is 0 Å². The van der Waals surface area contributed by atoms with Crippen molar-refractivity contribution in [3.05, 3.63) is 29.8 Å². The molecule has 1 aliphatic rings. The number of rotatable bonds is 3. The molecule has 88 valence electrons. The number of hydrogen-bond donors (Lipinski definition) is 2. The molecule has 0 aromatic heterocycles. The average Bonchev–Trinajstić information content (AvgIpc) is 2.25. The molecule has 1 aromatic carbocycles. The van der Waals surface area contributed by atoms with Crippen LogP contribution in [-0.4, -0.2) is 24.4 Å². The Bertz CT molecular complexity index is 379. The normalized spacial score (nSPS) is 33.2. The zero-order chi connectivity index (χ0) is 11.8. The van der Waals surface area contributed by atoms with Gasteiger partial charge in [0, 0.05) is 17.5 Å². The average molecular weight is 221 g/mol. The number of nitrogens with two attached hydrogens (primary N) is 1. The molecular weight excluding hydrogens is 202 g/mol. The van der Waals surface area contributed by atoms with E-state index in [1.54, 1.807) is 7.11 Å². The van der Waals surface area contributed by atoms with Gasteiger partial charge in [-0.25, -0.2) is 0 Å². The zero-order valence-electron chi connectivity index (χ0n) is 9.86. The number of ether oxygens (including phenoxy) is 1. The van der Waals surface area contributed by atoms with Crippen molar-refractivity contribution in [1.29, 1.82) is 0 Å². The van der Waals surface area contributed by atoms with Crippen molar-refractivity contribution in [3.8, 4) is 5.75 Å². The number of hydrogen-bond acceptors (Lipinski definition) is 3. The second kappa shape index (κ2) is 3.75. The molecule has 1 aliphatic carbocycles. The zero-order valence-corrected chi connectivity index (χ0v) is 9.86. The highest BCUT2D eigenvalue weighted by Gasteiger charge is 2.52. The summed E-state index contributed by atoms with van der Waals surface area (Å²) in [5, 5.41) is 9.91. The summed E-state index contributed by atoms with van der Waals surface area (Å²) in [4.78, 5) is 0. The van der Waals surface area contributed by atoms with Crippen molar-refractivity contribution in [2.45, 2.75) is 30.8 Å². The molecule has 0 bridgehead atoms. The van der Waals surface area contributed by atoms with Crippen molar-refractivity contribution in [3.63, 3.8) is 0 Å². The fourth-order valence-corrected chi connectivity index (χ4v) is 2.93. The van der Waals surface area contributed by atoms with Gasteiger partial charge < -0.3 is 15.6 Å². The summed E-state index contributed by atoms with van der Waals surface area (Å²) in [6.07, 6.45) is 1.41. The van der Waals surface area contributed by atoms with Crippen molar-refractivity contribution in [1.82, 2.24) is 0 Å². The van der Waals surface area contributed by atoms with Gasteiger partial charge in [0.25, 0.3) is 0 Å². The maximum absolute atomic E-state index is 9.91. The van der Waals surface area contributed by atoms with E-state index in [2.05, 4.69) is 0 Å². The van der Waals surface area contributed by atoms with E-state index in [1.807, 2.05) is 31.2 Å². The molecule has 1 fully saturated rings. The lowest BCUT2D eigenvalue weighted by Gasteiger charge is -2.52. The van der Waals surface area contributed by atoms with Gasteiger partial charge in [0.1, 0.15) is 5.75 Å². The maximum Gasteiger partial charge on any atom is 0.122 e. The third-order valence-corrected chi connectivity index (χ3v) is 3.51. The summed E-state index contributed by atoms with van der Waals surface area (Å²) >= 11 is 0. The van der Waals surface area contributed by atoms with Gasteiger partial charge in [0.05, 0.1) is 12.7 Å². The van der Waals surface area contributed by atoms with Crippen LogP contribution in [0.1, 0.15) is 25.3 Å². The molecule has 0 atom stereocenters. The highest BCUT2D eigenvalue weighted by Crippen LogP contribution is 2.51. The van der Waals surface area contributed by atoms with Gasteiger partial charge in [0.2, 0.25) is 0 Å². The Kier molecular flexibility index (Phi) is 2.68. The Balaban J connectivity index is 2.35. The van der Waals surface area contributed by atoms with E-state index in [-0.39, 0.29) is 5.41 Å². The quantitative estimate of drug-likeness (QED) is 0.812. The van der Waals surface area contributed by atoms with E-state index < -0.39 is 5.60 Å². The lowest BCUT2D eigenvalue weighted by atomic mass is 9.56. The van der Waals surface area contributed by atoms with Crippen LogP contribution in [0.4, 0.5) is 0 Å². The van der Waals surface area contributed by atoms with Crippen LogP contribution in [0.5, 0.6) is 5.75 Å². The molecule has 1 aromatic rings. The Morgan fingerprint density at radius 2 is 2.00 bits per heavy atom. The van der Waals surface area contributed by atoms with E-state index in [9.17, 15) is 5.11 Å². The van der Waals surface area contributed by atoms with Crippen LogP contribution in [0.3, 0.4) is 0 Å². The molecule has 0 amide bonds. The van der Waals surface area contributed by atoms with Gasteiger partial charge in [-0.05, 0) is 25.8 Å². The summed E-state index contributed by atoms with van der Waals surface area (Å²) in [5.74, 6) is 0.864. The van der Waals surface area contributed by atoms with Gasteiger partial charge in [-0.15, -0.1) is 0 Å². The fraction of sp³-hybridized carbons (Fsp3) is 0.538. The van der Waals surface area contributed by atoms with Gasteiger partial charge in [-0.2, -0.15) is 0 Å². The first-order valence-corrected chi connectivity index (χ1v) is 5.59. The van der Waals surface area contributed by atoms with E-state index in [4.69, 9.17) is 10.5 Å². The first kappa shape index (κ1) is 11.4. The summed E-state index contributed by atoms with van der Waals surface area (Å²) < 4.78 is 5.36. The van der Waals surface area contributed by atoms with Crippen molar-refractivity contribution >= 4 is 0 Å². The molecule has 1 saturated carbocycles. The lowest BCUT2D eigenvalue weighted by molar-refractivity contribution is -0.0731. The molecule has 3 heteroatoms. The van der Waals surface area contributed by atoms with Gasteiger partial charge >= 0.3 is 0 Å². The van der Waals surface area contributed by atoms with Crippen LogP contribution in [0.2, 0.25) is 0 Å². The largest absolute Gasteiger partial charge is 0.496 e. The second-order valence-corrected chi connectivity index (χ2v) is 5.04. The number of benzene rings is 1. The van der Waals surface area contributed by atoms with Crippen LogP contribution in [0, 0.1) is 0 Å². The minimum absolute atomic E-state index is 0.115. The van der Waals surface area contributed by atoms with Crippen LogP contribution in [0.15, 0.2) is 24.3 Å². The molecule has 2 rings (SSSR count). The van der Waals surface area contributed by atoms with Crippen molar-refractivity contribution in [2.75, 3.05) is 13.7 Å². The number of methoxy groups -OCH3 is 1. The Labute approximate surface area is 96.2 Å². The lowest BCUT2D eigenvalue weighted by Crippen LogP contribution is -2.56. The smallest absolute Gasteiger partial charge is 0.122 e. The van der Waals surface area contributed by atoms with Crippen LogP contribution in [-0.2, 0) is 5.41 Å². The van der Waals surface area contributed by atoms with E-state index in [1.165, 1.54) is 0 Å². The van der Waals surface area contributed by atoms with E-state index >= 15 is 0 Å². The molecule has 16 heavy (non-hydrogen) atoms. The Hall–Kier alpha value is -1.06. The van der Waals surface area contributed by atoms with E-state index in [0.29, 0.717) is 19.4 Å². The minimum atomic E-state index is -0.583. The Morgan fingerprint density at radius 3 is 2.50 bits per heavy atom. The molecule has 0 radical (unpaired) electrons. The van der Waals surface area contributed by atoms with Gasteiger partial charge in [0.15, 0.2) is 0 Å². The molecule has 0 aliphatic heterocycles. The van der Waals surface area contributed by atoms with Crippen LogP contribution < -0.4 is 10.5 Å². The predicted octanol–water partition coefficient (Wildman–Crippen LogP) is 1.44. The SMILES string of the molecule is COc1ccccc1C1(CN)CC(C)(O)C1. The minimum Gasteiger partial charge on any atom is -0.496 e. The third kappa shape index (κ3) is 1.70.